The number of rotatable bonds is 6. The monoisotopic (exact) mass is 240 g/mol. The summed E-state index contributed by atoms with van der Waals surface area (Å²) in [5.74, 6) is 0. The van der Waals surface area contributed by atoms with Crippen LogP contribution < -0.4 is 5.32 Å². The molecule has 0 amide bonds. The Bertz CT molecular complexity index is 208. The van der Waals surface area contributed by atoms with Crippen LogP contribution in [-0.2, 0) is 4.74 Å². The van der Waals surface area contributed by atoms with Gasteiger partial charge in [-0.05, 0) is 38.6 Å². The van der Waals surface area contributed by atoms with Crippen molar-refractivity contribution in [1.82, 2.24) is 10.2 Å². The van der Waals surface area contributed by atoms with Crippen molar-refractivity contribution in [3.8, 4) is 0 Å². The third kappa shape index (κ3) is 3.43. The Morgan fingerprint density at radius 2 is 1.94 bits per heavy atom. The molecule has 2 heterocycles. The number of hydrogen-bond acceptors (Lipinski definition) is 3. The second kappa shape index (κ2) is 6.72. The molecule has 0 spiro atoms. The lowest BCUT2D eigenvalue weighted by Crippen LogP contribution is -2.57. The average molecular weight is 240 g/mol. The smallest absolute Gasteiger partial charge is 0.0589 e. The zero-order valence-electron chi connectivity index (χ0n) is 11.5. The van der Waals surface area contributed by atoms with Gasteiger partial charge in [-0.1, -0.05) is 13.3 Å². The molecule has 0 aromatic rings. The fourth-order valence-corrected chi connectivity index (χ4v) is 3.56. The predicted molar refractivity (Wildman–Crippen MR) is 71.3 cm³/mol. The van der Waals surface area contributed by atoms with E-state index in [9.17, 15) is 0 Å². The summed E-state index contributed by atoms with van der Waals surface area (Å²) < 4.78 is 5.24. The third-order valence-corrected chi connectivity index (χ3v) is 4.36. The Hall–Kier alpha value is -0.120. The number of ether oxygens (including phenoxy) is 1. The zero-order chi connectivity index (χ0) is 12.1. The molecule has 2 unspecified atom stereocenters. The third-order valence-electron chi connectivity index (χ3n) is 4.36. The Balaban J connectivity index is 1.86. The van der Waals surface area contributed by atoms with Gasteiger partial charge in [0.25, 0.3) is 0 Å². The summed E-state index contributed by atoms with van der Waals surface area (Å²) >= 11 is 0. The van der Waals surface area contributed by atoms with Gasteiger partial charge < -0.3 is 10.1 Å². The first-order valence-corrected chi connectivity index (χ1v) is 7.33. The van der Waals surface area contributed by atoms with Gasteiger partial charge in [0.2, 0.25) is 0 Å². The molecule has 2 bridgehead atoms. The van der Waals surface area contributed by atoms with E-state index in [1.54, 1.807) is 0 Å². The molecule has 0 aromatic carbocycles. The van der Waals surface area contributed by atoms with Crippen molar-refractivity contribution in [2.24, 2.45) is 0 Å². The molecule has 3 nitrogen and oxygen atoms in total. The van der Waals surface area contributed by atoms with Crippen LogP contribution in [0, 0.1) is 0 Å². The van der Waals surface area contributed by atoms with E-state index in [1.807, 2.05) is 7.11 Å². The van der Waals surface area contributed by atoms with Gasteiger partial charge in [-0.3, -0.25) is 4.90 Å². The summed E-state index contributed by atoms with van der Waals surface area (Å²) in [7, 11) is 1.81. The highest BCUT2D eigenvalue weighted by Crippen LogP contribution is 2.33. The van der Waals surface area contributed by atoms with E-state index in [4.69, 9.17) is 4.74 Å². The highest BCUT2D eigenvalue weighted by atomic mass is 16.5. The molecule has 1 N–H and O–H groups in total. The molecule has 0 aromatic heterocycles. The maximum absolute atomic E-state index is 5.24. The van der Waals surface area contributed by atoms with Gasteiger partial charge in [-0.2, -0.15) is 0 Å². The first kappa shape index (κ1) is 13.3. The van der Waals surface area contributed by atoms with Gasteiger partial charge in [0.1, 0.15) is 0 Å². The number of fused-ring (bicyclic) bond motifs is 2. The molecule has 2 atom stereocenters. The highest BCUT2D eigenvalue weighted by molar-refractivity contribution is 4.94. The van der Waals surface area contributed by atoms with Crippen molar-refractivity contribution < 1.29 is 4.74 Å². The van der Waals surface area contributed by atoms with E-state index in [0.29, 0.717) is 0 Å². The lowest BCUT2D eigenvalue weighted by Gasteiger charge is -2.49. The van der Waals surface area contributed by atoms with Crippen LogP contribution in [0.2, 0.25) is 0 Å². The zero-order valence-corrected chi connectivity index (χ0v) is 11.5. The molecular formula is C14H28N2O. The van der Waals surface area contributed by atoms with Crippen LogP contribution in [0.1, 0.15) is 45.4 Å². The van der Waals surface area contributed by atoms with Gasteiger partial charge in [0.15, 0.2) is 0 Å². The molecule has 0 saturated carbocycles. The van der Waals surface area contributed by atoms with Crippen molar-refractivity contribution in [3.05, 3.63) is 0 Å². The van der Waals surface area contributed by atoms with Gasteiger partial charge in [-0.25, -0.2) is 0 Å². The number of piperidine rings is 2. The van der Waals surface area contributed by atoms with Gasteiger partial charge in [-0.15, -0.1) is 0 Å². The minimum atomic E-state index is 0.768. The number of methoxy groups -OCH3 is 1. The van der Waals surface area contributed by atoms with Crippen molar-refractivity contribution in [2.75, 3.05) is 26.8 Å². The standard InChI is InChI=1S/C14H28N2O/c1-3-7-15-12-10-13-5-4-6-14(11-12)16(13)8-9-17-2/h12-15H,3-11H2,1-2H3. The molecule has 2 aliphatic rings. The Kier molecular flexibility index (Phi) is 5.26. The lowest BCUT2D eigenvalue weighted by molar-refractivity contribution is 0.00670. The minimum Gasteiger partial charge on any atom is -0.383 e. The fourth-order valence-electron chi connectivity index (χ4n) is 3.56. The van der Waals surface area contributed by atoms with Crippen LogP contribution >= 0.6 is 0 Å². The number of nitrogens with one attached hydrogen (secondary N) is 1. The van der Waals surface area contributed by atoms with E-state index in [2.05, 4.69) is 17.1 Å². The summed E-state index contributed by atoms with van der Waals surface area (Å²) in [4.78, 5) is 2.72. The van der Waals surface area contributed by atoms with Gasteiger partial charge in [0.05, 0.1) is 6.61 Å². The van der Waals surface area contributed by atoms with E-state index in [0.717, 1.165) is 31.3 Å². The van der Waals surface area contributed by atoms with Crippen LogP contribution in [0.5, 0.6) is 0 Å². The van der Waals surface area contributed by atoms with Crippen molar-refractivity contribution in [2.45, 2.75) is 63.6 Å². The van der Waals surface area contributed by atoms with Crippen molar-refractivity contribution in [1.29, 1.82) is 0 Å². The topological polar surface area (TPSA) is 24.5 Å². The van der Waals surface area contributed by atoms with Crippen LogP contribution in [0.25, 0.3) is 0 Å². The number of hydrogen-bond donors (Lipinski definition) is 1. The van der Waals surface area contributed by atoms with Crippen LogP contribution in [-0.4, -0.2) is 49.8 Å². The molecular weight excluding hydrogens is 212 g/mol. The quantitative estimate of drug-likeness (QED) is 0.769. The van der Waals surface area contributed by atoms with E-state index >= 15 is 0 Å². The van der Waals surface area contributed by atoms with E-state index in [-0.39, 0.29) is 0 Å². The van der Waals surface area contributed by atoms with Gasteiger partial charge in [0, 0.05) is 31.8 Å². The van der Waals surface area contributed by atoms with Gasteiger partial charge >= 0.3 is 0 Å². The molecule has 100 valence electrons. The first-order chi connectivity index (χ1) is 8.35. The summed E-state index contributed by atoms with van der Waals surface area (Å²) in [6.45, 7) is 5.45. The maximum atomic E-state index is 5.24. The summed E-state index contributed by atoms with van der Waals surface area (Å²) in [6, 6.07) is 2.39. The number of nitrogens with zero attached hydrogens (tertiary/aromatic N) is 1. The molecule has 2 aliphatic heterocycles. The average Bonchev–Trinajstić information content (AvgIpc) is 2.33. The molecule has 2 rings (SSSR count). The summed E-state index contributed by atoms with van der Waals surface area (Å²) in [5, 5.41) is 3.72. The summed E-state index contributed by atoms with van der Waals surface area (Å²) in [6.07, 6.45) is 8.16. The molecule has 0 aliphatic carbocycles. The first-order valence-electron chi connectivity index (χ1n) is 7.33. The van der Waals surface area contributed by atoms with Crippen molar-refractivity contribution >= 4 is 0 Å². The van der Waals surface area contributed by atoms with E-state index in [1.165, 1.54) is 45.1 Å². The summed E-state index contributed by atoms with van der Waals surface area (Å²) in [5.41, 5.74) is 0. The molecule has 3 heteroatoms. The highest BCUT2D eigenvalue weighted by Gasteiger charge is 2.37. The largest absolute Gasteiger partial charge is 0.383 e. The van der Waals surface area contributed by atoms with E-state index < -0.39 is 0 Å². The molecule has 2 fully saturated rings. The normalized spacial score (nSPS) is 33.9. The second-order valence-electron chi connectivity index (χ2n) is 5.59. The van der Waals surface area contributed by atoms with Crippen LogP contribution in [0.4, 0.5) is 0 Å². The Morgan fingerprint density at radius 3 is 2.53 bits per heavy atom. The fraction of sp³-hybridized carbons (Fsp3) is 1.00. The van der Waals surface area contributed by atoms with Crippen LogP contribution in [0.15, 0.2) is 0 Å². The molecule has 0 radical (unpaired) electrons. The predicted octanol–water partition coefficient (Wildman–Crippen LogP) is 2.02. The molecule has 2 saturated heterocycles. The Morgan fingerprint density at radius 1 is 1.24 bits per heavy atom. The van der Waals surface area contributed by atoms with Crippen molar-refractivity contribution in [3.63, 3.8) is 0 Å². The maximum Gasteiger partial charge on any atom is 0.0589 e. The van der Waals surface area contributed by atoms with Crippen LogP contribution in [0.3, 0.4) is 0 Å². The Labute approximate surface area is 106 Å². The molecule has 17 heavy (non-hydrogen) atoms. The SMILES string of the molecule is CCCNC1CC2CCCC(C1)N2CCOC. The minimum absolute atomic E-state index is 0.768. The second-order valence-corrected chi connectivity index (χ2v) is 5.59. The lowest BCUT2D eigenvalue weighted by atomic mass is 9.81.